The van der Waals surface area contributed by atoms with Gasteiger partial charge in [-0.05, 0) is 31.9 Å². The van der Waals surface area contributed by atoms with Gasteiger partial charge in [-0.3, -0.25) is 14.9 Å². The van der Waals surface area contributed by atoms with Gasteiger partial charge in [-0.1, -0.05) is 6.92 Å². The Kier molecular flexibility index (Phi) is 4.61. The van der Waals surface area contributed by atoms with Crippen LogP contribution in [0.3, 0.4) is 0 Å². The number of non-ortho nitro benzene ring substituents is 1. The molecule has 0 fully saturated rings. The van der Waals surface area contributed by atoms with Crippen LogP contribution in [-0.2, 0) is 0 Å². The summed E-state index contributed by atoms with van der Waals surface area (Å²) in [7, 11) is 0. The number of hydrogen-bond acceptors (Lipinski definition) is 4. The Morgan fingerprint density at radius 3 is 2.63 bits per heavy atom. The van der Waals surface area contributed by atoms with Crippen molar-refractivity contribution < 1.29 is 14.8 Å². The van der Waals surface area contributed by atoms with Crippen molar-refractivity contribution in [3.63, 3.8) is 0 Å². The molecule has 0 spiro atoms. The molecule has 2 N–H and O–H groups in total. The highest BCUT2D eigenvalue weighted by Crippen LogP contribution is 2.17. The van der Waals surface area contributed by atoms with Crippen molar-refractivity contribution in [1.29, 1.82) is 0 Å². The third-order valence-electron chi connectivity index (χ3n) is 2.93. The number of carbonyl (C=O) groups is 1. The third kappa shape index (κ3) is 4.33. The largest absolute Gasteiger partial charge is 0.388 e. The molecule has 1 aromatic carbocycles. The van der Waals surface area contributed by atoms with E-state index < -0.39 is 16.4 Å². The van der Waals surface area contributed by atoms with Gasteiger partial charge in [0.15, 0.2) is 0 Å². The predicted octanol–water partition coefficient (Wildman–Crippen LogP) is 1.79. The molecule has 0 aliphatic carbocycles. The first-order chi connectivity index (χ1) is 8.75. The van der Waals surface area contributed by atoms with Gasteiger partial charge in [0.05, 0.1) is 10.5 Å². The molecule has 0 saturated heterocycles. The fourth-order valence-electron chi connectivity index (χ4n) is 1.50. The summed E-state index contributed by atoms with van der Waals surface area (Å²) < 4.78 is 0. The summed E-state index contributed by atoms with van der Waals surface area (Å²) in [5.74, 6) is -0.430. The number of nitrogens with one attached hydrogen (secondary N) is 1. The molecule has 1 unspecified atom stereocenters. The summed E-state index contributed by atoms with van der Waals surface area (Å²) >= 11 is 0. The van der Waals surface area contributed by atoms with Gasteiger partial charge in [0.2, 0.25) is 0 Å². The van der Waals surface area contributed by atoms with E-state index in [0.717, 1.165) is 0 Å². The summed E-state index contributed by atoms with van der Waals surface area (Å²) in [6.07, 6.45) is 0.501. The second-order valence-corrected chi connectivity index (χ2v) is 4.85. The van der Waals surface area contributed by atoms with Crippen LogP contribution >= 0.6 is 0 Å². The predicted molar refractivity (Wildman–Crippen MR) is 71.1 cm³/mol. The van der Waals surface area contributed by atoms with E-state index in [0.29, 0.717) is 12.0 Å². The summed E-state index contributed by atoms with van der Waals surface area (Å²) in [6, 6.07) is 4.20. The number of nitro benzene ring substituents is 1. The minimum atomic E-state index is -0.981. The first-order valence-electron chi connectivity index (χ1n) is 6.02. The number of nitrogens with zero attached hydrogens (tertiary/aromatic N) is 1. The molecule has 0 aliphatic heterocycles. The normalized spacial score (nSPS) is 13.7. The second kappa shape index (κ2) is 5.79. The van der Waals surface area contributed by atoms with Crippen LogP contribution < -0.4 is 5.32 Å². The first kappa shape index (κ1) is 15.1. The fraction of sp³-hybridized carbons (Fsp3) is 0.462. The topological polar surface area (TPSA) is 92.5 Å². The molecule has 0 bridgehead atoms. The van der Waals surface area contributed by atoms with Crippen LogP contribution in [0, 0.1) is 17.0 Å². The van der Waals surface area contributed by atoms with Gasteiger partial charge >= 0.3 is 0 Å². The summed E-state index contributed by atoms with van der Waals surface area (Å²) in [5.41, 5.74) is -0.238. The lowest BCUT2D eigenvalue weighted by molar-refractivity contribution is -0.384. The quantitative estimate of drug-likeness (QED) is 0.627. The van der Waals surface area contributed by atoms with Crippen molar-refractivity contribution in [3.8, 4) is 0 Å². The van der Waals surface area contributed by atoms with Crippen LogP contribution in [0.15, 0.2) is 18.2 Å². The van der Waals surface area contributed by atoms with Crippen molar-refractivity contribution in [2.75, 3.05) is 6.54 Å². The number of benzene rings is 1. The van der Waals surface area contributed by atoms with E-state index in [9.17, 15) is 20.0 Å². The first-order valence-corrected chi connectivity index (χ1v) is 6.02. The van der Waals surface area contributed by atoms with Gasteiger partial charge < -0.3 is 10.4 Å². The lowest BCUT2D eigenvalue weighted by Gasteiger charge is -2.21. The molecule has 0 saturated carbocycles. The third-order valence-corrected chi connectivity index (χ3v) is 2.93. The SMILES string of the molecule is CCC(C)(O)CNC(=O)c1cc(C)cc([N+](=O)[O-])c1. The Hall–Kier alpha value is -1.95. The molecule has 1 rings (SSSR count). The second-order valence-electron chi connectivity index (χ2n) is 4.85. The van der Waals surface area contributed by atoms with Crippen molar-refractivity contribution >= 4 is 11.6 Å². The van der Waals surface area contributed by atoms with Gasteiger partial charge in [-0.25, -0.2) is 0 Å². The molecule has 1 aromatic rings. The minimum absolute atomic E-state index is 0.101. The molecule has 19 heavy (non-hydrogen) atoms. The molecule has 104 valence electrons. The molecular formula is C13H18N2O4. The number of carbonyl (C=O) groups excluding carboxylic acids is 1. The van der Waals surface area contributed by atoms with Crippen LogP contribution in [0.1, 0.15) is 36.2 Å². The number of amides is 1. The molecule has 6 nitrogen and oxygen atoms in total. The molecular weight excluding hydrogens is 248 g/mol. The van der Waals surface area contributed by atoms with Crippen molar-refractivity contribution in [1.82, 2.24) is 5.32 Å². The van der Waals surface area contributed by atoms with E-state index in [1.54, 1.807) is 19.9 Å². The smallest absolute Gasteiger partial charge is 0.270 e. The maximum Gasteiger partial charge on any atom is 0.270 e. The van der Waals surface area contributed by atoms with Gasteiger partial charge in [0.25, 0.3) is 11.6 Å². The number of hydrogen-bond donors (Lipinski definition) is 2. The fourth-order valence-corrected chi connectivity index (χ4v) is 1.50. The van der Waals surface area contributed by atoms with Gasteiger partial charge in [0, 0.05) is 24.2 Å². The van der Waals surface area contributed by atoms with Crippen LogP contribution in [0.5, 0.6) is 0 Å². The van der Waals surface area contributed by atoms with Gasteiger partial charge in [0.1, 0.15) is 0 Å². The lowest BCUT2D eigenvalue weighted by atomic mass is 10.0. The molecule has 0 radical (unpaired) electrons. The average Bonchev–Trinajstić information content (AvgIpc) is 2.35. The number of nitro groups is 1. The van der Waals surface area contributed by atoms with Crippen molar-refractivity contribution in [2.24, 2.45) is 0 Å². The molecule has 1 amide bonds. The Bertz CT molecular complexity index is 497. The zero-order valence-corrected chi connectivity index (χ0v) is 11.3. The zero-order valence-electron chi connectivity index (χ0n) is 11.3. The highest BCUT2D eigenvalue weighted by molar-refractivity contribution is 5.95. The maximum absolute atomic E-state index is 11.9. The molecule has 0 heterocycles. The number of aliphatic hydroxyl groups is 1. The monoisotopic (exact) mass is 266 g/mol. The minimum Gasteiger partial charge on any atom is -0.388 e. The van der Waals surface area contributed by atoms with Gasteiger partial charge in [-0.2, -0.15) is 0 Å². The average molecular weight is 266 g/mol. The maximum atomic E-state index is 11.9. The van der Waals surface area contributed by atoms with Crippen LogP contribution in [0.2, 0.25) is 0 Å². The Balaban J connectivity index is 2.85. The molecule has 1 atom stereocenters. The Morgan fingerprint density at radius 1 is 1.47 bits per heavy atom. The van der Waals surface area contributed by atoms with E-state index in [1.165, 1.54) is 12.1 Å². The van der Waals surface area contributed by atoms with Crippen LogP contribution in [0.25, 0.3) is 0 Å². The van der Waals surface area contributed by atoms with E-state index in [4.69, 9.17) is 0 Å². The Morgan fingerprint density at radius 2 is 2.11 bits per heavy atom. The summed E-state index contributed by atoms with van der Waals surface area (Å²) in [4.78, 5) is 22.1. The van der Waals surface area contributed by atoms with Gasteiger partial charge in [-0.15, -0.1) is 0 Å². The van der Waals surface area contributed by atoms with Crippen molar-refractivity contribution in [2.45, 2.75) is 32.8 Å². The zero-order chi connectivity index (χ0) is 14.6. The lowest BCUT2D eigenvalue weighted by Crippen LogP contribution is -2.40. The summed E-state index contributed by atoms with van der Waals surface area (Å²) in [6.45, 7) is 5.21. The number of aryl methyl sites for hydroxylation is 1. The highest BCUT2D eigenvalue weighted by Gasteiger charge is 2.20. The number of rotatable bonds is 5. The highest BCUT2D eigenvalue weighted by atomic mass is 16.6. The van der Waals surface area contributed by atoms with E-state index >= 15 is 0 Å². The van der Waals surface area contributed by atoms with E-state index in [-0.39, 0.29) is 17.8 Å². The van der Waals surface area contributed by atoms with Crippen molar-refractivity contribution in [3.05, 3.63) is 39.4 Å². The standard InChI is InChI=1S/C13H18N2O4/c1-4-13(3,17)8-14-12(16)10-5-9(2)6-11(7-10)15(18)19/h5-7,17H,4,8H2,1-3H3,(H,14,16). The summed E-state index contributed by atoms with van der Waals surface area (Å²) in [5, 5.41) is 23.1. The van der Waals surface area contributed by atoms with Crippen LogP contribution in [0.4, 0.5) is 5.69 Å². The van der Waals surface area contributed by atoms with E-state index in [1.807, 2.05) is 6.92 Å². The molecule has 0 aromatic heterocycles. The molecule has 0 aliphatic rings. The van der Waals surface area contributed by atoms with Crippen LogP contribution in [-0.4, -0.2) is 28.1 Å². The Labute approximate surface area is 111 Å². The van der Waals surface area contributed by atoms with E-state index in [2.05, 4.69) is 5.32 Å². The molecule has 6 heteroatoms.